The van der Waals surface area contributed by atoms with E-state index in [1.165, 1.54) is 5.56 Å². The van der Waals surface area contributed by atoms with E-state index in [4.69, 9.17) is 16.3 Å². The van der Waals surface area contributed by atoms with E-state index in [2.05, 4.69) is 71.9 Å². The maximum Gasteiger partial charge on any atom is 0.242 e. The Kier molecular flexibility index (Phi) is 9.83. The molecule has 0 radical (unpaired) electrons. The van der Waals surface area contributed by atoms with Gasteiger partial charge in [0.1, 0.15) is 11.9 Å². The van der Waals surface area contributed by atoms with Crippen LogP contribution in [0.5, 0.6) is 0 Å². The minimum Gasteiger partial charge on any atom is -0.370 e. The number of ether oxygens (including phenoxy) is 1. The summed E-state index contributed by atoms with van der Waals surface area (Å²) >= 11 is 6.52. The van der Waals surface area contributed by atoms with Gasteiger partial charge in [-0.15, -0.1) is 20.4 Å². The third kappa shape index (κ3) is 7.62. The van der Waals surface area contributed by atoms with Crippen LogP contribution in [0.25, 0.3) is 22.5 Å². The number of morpholine rings is 1. The normalized spacial score (nSPS) is 16.9. The third-order valence-electron chi connectivity index (χ3n) is 8.84. The van der Waals surface area contributed by atoms with E-state index in [9.17, 15) is 4.79 Å². The molecule has 1 N–H and O–H groups in total. The fourth-order valence-corrected chi connectivity index (χ4v) is 6.34. The lowest BCUT2D eigenvalue weighted by Gasteiger charge is -2.35. The van der Waals surface area contributed by atoms with E-state index in [0.717, 1.165) is 66.5 Å². The highest BCUT2D eigenvalue weighted by molar-refractivity contribution is 6.32. The molecule has 2 aromatic heterocycles. The molecular weight excluding hydrogens is 624 g/mol. The van der Waals surface area contributed by atoms with Crippen molar-refractivity contribution in [2.24, 2.45) is 0 Å². The van der Waals surface area contributed by atoms with Crippen molar-refractivity contribution < 1.29 is 9.53 Å². The van der Waals surface area contributed by atoms with Gasteiger partial charge in [-0.2, -0.15) is 0 Å². The Morgan fingerprint density at radius 2 is 1.48 bits per heavy atom. The highest BCUT2D eigenvalue weighted by atomic mass is 35.5. The molecule has 1 unspecified atom stereocenters. The minimum atomic E-state index is -0.126. The number of piperazine rings is 1. The number of amides is 1. The zero-order valence-corrected chi connectivity index (χ0v) is 27.3. The predicted octanol–water partition coefficient (Wildman–Crippen LogP) is 5.59. The molecule has 0 bridgehead atoms. The number of hydrogen-bond acceptors (Lipinski definition) is 9. The number of nitrogens with one attached hydrogen (secondary N) is 1. The summed E-state index contributed by atoms with van der Waals surface area (Å²) in [6, 6.07) is 34.4. The Balaban J connectivity index is 0.912. The second-order valence-corrected chi connectivity index (χ2v) is 12.4. The van der Waals surface area contributed by atoms with Gasteiger partial charge in [0.15, 0.2) is 5.15 Å². The molecule has 1 amide bonds. The lowest BCUT2D eigenvalue weighted by molar-refractivity contribution is -0.131. The van der Waals surface area contributed by atoms with Gasteiger partial charge in [0, 0.05) is 56.9 Å². The molecule has 11 heteroatoms. The molecule has 5 aromatic rings. The van der Waals surface area contributed by atoms with Crippen molar-refractivity contribution in [3.63, 3.8) is 0 Å². The summed E-state index contributed by atoms with van der Waals surface area (Å²) in [6.45, 7) is 6.20. The average Bonchev–Trinajstić information content (AvgIpc) is 3.15. The number of hydrogen-bond donors (Lipinski definition) is 1. The lowest BCUT2D eigenvalue weighted by atomic mass is 10.0. The molecule has 1 atom stereocenters. The number of benzene rings is 3. The minimum absolute atomic E-state index is 0.0680. The molecule has 4 heterocycles. The van der Waals surface area contributed by atoms with Crippen molar-refractivity contribution in [1.82, 2.24) is 30.2 Å². The number of carbonyl (C=O) groups is 1. The molecule has 244 valence electrons. The van der Waals surface area contributed by atoms with Crippen LogP contribution in [-0.2, 0) is 16.1 Å². The number of anilines is 2. The van der Waals surface area contributed by atoms with Crippen LogP contribution in [-0.4, -0.2) is 88.5 Å². The van der Waals surface area contributed by atoms with Gasteiger partial charge in [-0.25, -0.2) is 0 Å². The summed E-state index contributed by atoms with van der Waals surface area (Å²) in [5.74, 6) is 0.639. The predicted molar refractivity (Wildman–Crippen MR) is 188 cm³/mol. The van der Waals surface area contributed by atoms with E-state index in [0.29, 0.717) is 30.7 Å². The van der Waals surface area contributed by atoms with E-state index in [1.54, 1.807) is 0 Å². The van der Waals surface area contributed by atoms with Crippen LogP contribution in [0.2, 0.25) is 5.15 Å². The molecule has 10 nitrogen and oxygen atoms in total. The van der Waals surface area contributed by atoms with Crippen molar-refractivity contribution in [3.05, 3.63) is 119 Å². The second-order valence-electron chi connectivity index (χ2n) is 12.0. The Labute approximate surface area is 285 Å². The van der Waals surface area contributed by atoms with Crippen LogP contribution in [0, 0.1) is 0 Å². The summed E-state index contributed by atoms with van der Waals surface area (Å²) in [4.78, 5) is 19.4. The molecule has 2 saturated heterocycles. The van der Waals surface area contributed by atoms with E-state index < -0.39 is 0 Å². The Morgan fingerprint density at radius 1 is 0.771 bits per heavy atom. The van der Waals surface area contributed by atoms with Crippen LogP contribution in [0.15, 0.2) is 103 Å². The summed E-state index contributed by atoms with van der Waals surface area (Å²) in [6.07, 6.45) is -0.126. The van der Waals surface area contributed by atoms with Gasteiger partial charge in [0.2, 0.25) is 5.91 Å². The van der Waals surface area contributed by atoms with Crippen LogP contribution in [0.1, 0.15) is 17.2 Å². The van der Waals surface area contributed by atoms with Crippen LogP contribution >= 0.6 is 11.6 Å². The fraction of sp³-hybridized carbons (Fsp3) is 0.270. The van der Waals surface area contributed by atoms with Gasteiger partial charge < -0.3 is 19.9 Å². The van der Waals surface area contributed by atoms with Gasteiger partial charge in [-0.05, 0) is 29.3 Å². The van der Waals surface area contributed by atoms with Crippen molar-refractivity contribution >= 4 is 29.0 Å². The second kappa shape index (κ2) is 14.9. The van der Waals surface area contributed by atoms with Crippen molar-refractivity contribution in [2.45, 2.75) is 12.6 Å². The molecule has 2 fully saturated rings. The van der Waals surface area contributed by atoms with E-state index in [-0.39, 0.29) is 18.6 Å². The molecule has 0 saturated carbocycles. The zero-order chi connectivity index (χ0) is 32.7. The van der Waals surface area contributed by atoms with Crippen LogP contribution in [0.4, 0.5) is 11.5 Å². The highest BCUT2D eigenvalue weighted by Crippen LogP contribution is 2.32. The molecule has 7 rings (SSSR count). The van der Waals surface area contributed by atoms with Gasteiger partial charge in [0.05, 0.1) is 30.2 Å². The average molecular weight is 661 g/mol. The van der Waals surface area contributed by atoms with Crippen molar-refractivity contribution in [2.75, 3.05) is 62.6 Å². The van der Waals surface area contributed by atoms with Crippen LogP contribution in [0.3, 0.4) is 0 Å². The van der Waals surface area contributed by atoms with Crippen LogP contribution < -0.4 is 10.2 Å². The lowest BCUT2D eigenvalue weighted by Crippen LogP contribution is -2.49. The monoisotopic (exact) mass is 660 g/mol. The summed E-state index contributed by atoms with van der Waals surface area (Å²) in [7, 11) is 0. The first-order valence-electron chi connectivity index (χ1n) is 16.3. The summed E-state index contributed by atoms with van der Waals surface area (Å²) < 4.78 is 6.16. The topological polar surface area (TPSA) is 99.6 Å². The Morgan fingerprint density at radius 3 is 2.21 bits per heavy atom. The molecule has 48 heavy (non-hydrogen) atoms. The van der Waals surface area contributed by atoms with Crippen molar-refractivity contribution in [3.8, 4) is 22.5 Å². The van der Waals surface area contributed by atoms with E-state index in [1.807, 2.05) is 71.6 Å². The zero-order valence-electron chi connectivity index (χ0n) is 26.6. The van der Waals surface area contributed by atoms with Gasteiger partial charge in [-0.3, -0.25) is 9.69 Å². The third-order valence-corrected chi connectivity index (χ3v) is 9.11. The number of carbonyl (C=O) groups excluding carboxylic acids is 1. The maximum absolute atomic E-state index is 12.8. The first-order chi connectivity index (χ1) is 23.6. The van der Waals surface area contributed by atoms with E-state index >= 15 is 0 Å². The smallest absolute Gasteiger partial charge is 0.242 e. The number of halogens is 1. The molecule has 3 aromatic carbocycles. The first-order valence-corrected chi connectivity index (χ1v) is 16.6. The Bertz CT molecular complexity index is 1800. The van der Waals surface area contributed by atoms with Gasteiger partial charge >= 0.3 is 0 Å². The Hall–Kier alpha value is -4.90. The largest absolute Gasteiger partial charge is 0.370 e. The first kappa shape index (κ1) is 31.7. The highest BCUT2D eigenvalue weighted by Gasteiger charge is 2.25. The summed E-state index contributed by atoms with van der Waals surface area (Å²) in [5, 5.41) is 20.8. The van der Waals surface area contributed by atoms with Crippen molar-refractivity contribution in [1.29, 1.82) is 0 Å². The SMILES string of the molecule is O=C(CNc1ccc(-c2ccc(C3CN(c4cc(-c5ccccc5)nnc4Cl)CCO3)cc2)nn1)N1CCN(Cc2ccccc2)CC1. The standard InChI is InChI=1S/C37H37ClN8O2/c38-37-33(23-32(41-43-37)28-9-5-2-6-10-28)46-21-22-48-34(26-46)30-13-11-29(12-14-30)31-15-16-35(42-40-31)39-24-36(47)45-19-17-44(18-20-45)25-27-7-3-1-4-8-27/h1-16,23,34H,17-22,24-26H2,(H,39,42). The molecule has 0 spiro atoms. The number of rotatable bonds is 9. The maximum atomic E-state index is 12.8. The molecule has 0 aliphatic carbocycles. The fourth-order valence-electron chi connectivity index (χ4n) is 6.13. The molecule has 2 aliphatic heterocycles. The molecule has 2 aliphatic rings. The number of nitrogens with zero attached hydrogens (tertiary/aromatic N) is 7. The quantitative estimate of drug-likeness (QED) is 0.217. The summed E-state index contributed by atoms with van der Waals surface area (Å²) in [5.41, 5.74) is 6.69. The van der Waals surface area contributed by atoms with Gasteiger partial charge in [0.25, 0.3) is 0 Å². The van der Waals surface area contributed by atoms with Gasteiger partial charge in [-0.1, -0.05) is 96.5 Å². The molecular formula is C37H37ClN8O2. The number of aromatic nitrogens is 4.